The van der Waals surface area contributed by atoms with Gasteiger partial charge in [0.15, 0.2) is 0 Å². The first-order chi connectivity index (χ1) is 10.9. The van der Waals surface area contributed by atoms with Crippen molar-refractivity contribution in [1.29, 1.82) is 0 Å². The summed E-state index contributed by atoms with van der Waals surface area (Å²) in [6.07, 6.45) is 0. The third kappa shape index (κ3) is 3.46. The fourth-order valence-electron chi connectivity index (χ4n) is 2.60. The van der Waals surface area contributed by atoms with Gasteiger partial charge in [0.2, 0.25) is 0 Å². The van der Waals surface area contributed by atoms with Gasteiger partial charge in [0.1, 0.15) is 0 Å². The lowest BCUT2D eigenvalue weighted by molar-refractivity contribution is 0.0788. The molecule has 3 aromatic rings. The Hall–Kier alpha value is -1.72. The average molecular weight is 389 g/mol. The number of aryl methyl sites for hydroxylation is 2. The van der Waals surface area contributed by atoms with Crippen molar-refractivity contribution in [3.8, 4) is 0 Å². The van der Waals surface area contributed by atoms with Gasteiger partial charge in [0.05, 0.1) is 21.4 Å². The van der Waals surface area contributed by atoms with Crippen LogP contribution in [0.1, 0.15) is 26.5 Å². The molecule has 0 spiro atoms. The van der Waals surface area contributed by atoms with E-state index < -0.39 is 0 Å². The van der Waals surface area contributed by atoms with E-state index in [0.717, 1.165) is 30.8 Å². The summed E-state index contributed by atoms with van der Waals surface area (Å²) >= 11 is 5.11. The molecular formula is C18H17BrN2OS. The second-order valence-electron chi connectivity index (χ2n) is 5.70. The fraction of sp³-hybridized carbons (Fsp3) is 0.222. The van der Waals surface area contributed by atoms with Crippen LogP contribution in [-0.4, -0.2) is 22.8 Å². The van der Waals surface area contributed by atoms with Gasteiger partial charge in [-0.15, -0.1) is 11.3 Å². The third-order valence-electron chi connectivity index (χ3n) is 3.69. The maximum atomic E-state index is 12.9. The second kappa shape index (κ2) is 6.42. The average Bonchev–Trinajstić information content (AvgIpc) is 2.91. The molecule has 0 aliphatic heterocycles. The van der Waals surface area contributed by atoms with E-state index in [1.165, 1.54) is 0 Å². The monoisotopic (exact) mass is 388 g/mol. The highest BCUT2D eigenvalue weighted by molar-refractivity contribution is 9.11. The third-order valence-corrected chi connectivity index (χ3v) is 5.30. The summed E-state index contributed by atoms with van der Waals surface area (Å²) in [5.74, 6) is 0.0237. The lowest BCUT2D eigenvalue weighted by Crippen LogP contribution is -2.26. The first kappa shape index (κ1) is 16.1. The molecule has 0 fully saturated rings. The van der Waals surface area contributed by atoms with E-state index in [1.54, 1.807) is 16.2 Å². The minimum Gasteiger partial charge on any atom is -0.337 e. The minimum absolute atomic E-state index is 0.0237. The van der Waals surface area contributed by atoms with Crippen LogP contribution >= 0.6 is 27.3 Å². The summed E-state index contributed by atoms with van der Waals surface area (Å²) in [4.78, 5) is 20.4. The zero-order valence-electron chi connectivity index (χ0n) is 13.3. The lowest BCUT2D eigenvalue weighted by Gasteiger charge is -2.18. The number of hydrogen-bond donors (Lipinski definition) is 0. The number of halogens is 1. The van der Waals surface area contributed by atoms with E-state index in [1.807, 2.05) is 57.3 Å². The zero-order valence-corrected chi connectivity index (χ0v) is 15.7. The van der Waals surface area contributed by atoms with Gasteiger partial charge in [-0.1, -0.05) is 11.6 Å². The van der Waals surface area contributed by atoms with Crippen molar-refractivity contribution < 1.29 is 4.79 Å². The van der Waals surface area contributed by atoms with Crippen LogP contribution in [-0.2, 0) is 6.54 Å². The first-order valence-corrected chi connectivity index (χ1v) is 8.92. The Morgan fingerprint density at radius 2 is 2.00 bits per heavy atom. The molecule has 0 saturated carbocycles. The summed E-state index contributed by atoms with van der Waals surface area (Å²) in [7, 11) is 1.84. The van der Waals surface area contributed by atoms with Crippen molar-refractivity contribution in [1.82, 2.24) is 9.88 Å². The van der Waals surface area contributed by atoms with Crippen LogP contribution < -0.4 is 0 Å². The molecule has 0 aliphatic carbocycles. The topological polar surface area (TPSA) is 33.2 Å². The van der Waals surface area contributed by atoms with Crippen molar-refractivity contribution in [3.63, 3.8) is 0 Å². The molecule has 23 heavy (non-hydrogen) atoms. The van der Waals surface area contributed by atoms with E-state index >= 15 is 0 Å². The quantitative estimate of drug-likeness (QED) is 0.635. The highest BCUT2D eigenvalue weighted by Crippen LogP contribution is 2.25. The number of aromatic nitrogens is 1. The summed E-state index contributed by atoms with van der Waals surface area (Å²) < 4.78 is 1.08. The molecule has 2 heterocycles. The van der Waals surface area contributed by atoms with Gasteiger partial charge in [-0.3, -0.25) is 9.78 Å². The van der Waals surface area contributed by atoms with Crippen LogP contribution in [0.3, 0.4) is 0 Å². The van der Waals surface area contributed by atoms with Crippen molar-refractivity contribution in [2.75, 3.05) is 7.05 Å². The van der Waals surface area contributed by atoms with E-state index in [9.17, 15) is 4.79 Å². The van der Waals surface area contributed by atoms with Gasteiger partial charge in [-0.25, -0.2) is 0 Å². The maximum absolute atomic E-state index is 12.9. The van der Waals surface area contributed by atoms with E-state index in [0.29, 0.717) is 12.1 Å². The smallest absolute Gasteiger partial charge is 0.254 e. The molecule has 0 saturated heterocycles. The molecule has 5 heteroatoms. The number of hydrogen-bond acceptors (Lipinski definition) is 3. The van der Waals surface area contributed by atoms with E-state index in [-0.39, 0.29) is 5.91 Å². The molecule has 0 N–H and O–H groups in total. The van der Waals surface area contributed by atoms with Crippen LogP contribution in [0.15, 0.2) is 40.2 Å². The molecule has 0 bridgehead atoms. The van der Waals surface area contributed by atoms with E-state index in [4.69, 9.17) is 0 Å². The molecule has 0 radical (unpaired) electrons. The normalized spacial score (nSPS) is 11.0. The number of rotatable bonds is 3. The summed E-state index contributed by atoms with van der Waals surface area (Å²) in [5, 5.41) is 0.916. The van der Waals surface area contributed by atoms with Crippen LogP contribution in [0.2, 0.25) is 0 Å². The summed E-state index contributed by atoms with van der Waals surface area (Å²) in [6, 6.07) is 12.0. The predicted molar refractivity (Wildman–Crippen MR) is 99.0 cm³/mol. The first-order valence-electron chi connectivity index (χ1n) is 7.32. The standard InChI is InChI=1S/C18H17BrN2OS/c1-11-4-6-16-14(8-11)15(9-12(2)20-16)18(22)21(3)10-13-5-7-17(19)23-13/h4-9H,10H2,1-3H3. The largest absolute Gasteiger partial charge is 0.337 e. The number of pyridine rings is 1. The minimum atomic E-state index is 0.0237. The Balaban J connectivity index is 1.98. The Labute approximate surface area is 148 Å². The van der Waals surface area contributed by atoms with Gasteiger partial charge in [-0.05, 0) is 60.1 Å². The van der Waals surface area contributed by atoms with Gasteiger partial charge in [0, 0.05) is 23.0 Å². The summed E-state index contributed by atoms with van der Waals surface area (Å²) in [6.45, 7) is 4.55. The molecule has 0 atom stereocenters. The predicted octanol–water partition coefficient (Wildman–Crippen LogP) is 4.95. The molecule has 118 valence electrons. The van der Waals surface area contributed by atoms with Gasteiger partial charge < -0.3 is 4.90 Å². The molecule has 0 unspecified atom stereocenters. The molecule has 2 aromatic heterocycles. The van der Waals surface area contributed by atoms with Gasteiger partial charge >= 0.3 is 0 Å². The number of fused-ring (bicyclic) bond motifs is 1. The number of carbonyl (C=O) groups is 1. The van der Waals surface area contributed by atoms with Crippen LogP contribution in [0.5, 0.6) is 0 Å². The van der Waals surface area contributed by atoms with Crippen LogP contribution in [0.25, 0.3) is 10.9 Å². The van der Waals surface area contributed by atoms with Crippen molar-refractivity contribution in [2.24, 2.45) is 0 Å². The van der Waals surface area contributed by atoms with Crippen LogP contribution in [0, 0.1) is 13.8 Å². The molecule has 3 nitrogen and oxygen atoms in total. The van der Waals surface area contributed by atoms with Crippen LogP contribution in [0.4, 0.5) is 0 Å². The molecule has 1 amide bonds. The SMILES string of the molecule is Cc1ccc2nc(C)cc(C(=O)N(C)Cc3ccc(Br)s3)c2c1. The number of carbonyl (C=O) groups excluding carboxylic acids is 1. The number of amides is 1. The summed E-state index contributed by atoms with van der Waals surface area (Å²) in [5.41, 5.74) is 3.57. The molecule has 3 rings (SSSR count). The zero-order chi connectivity index (χ0) is 16.6. The Kier molecular flexibility index (Phi) is 4.50. The number of nitrogens with zero attached hydrogens (tertiary/aromatic N) is 2. The molecular weight excluding hydrogens is 372 g/mol. The maximum Gasteiger partial charge on any atom is 0.254 e. The Morgan fingerprint density at radius 1 is 1.22 bits per heavy atom. The molecule has 0 aliphatic rings. The molecule has 1 aromatic carbocycles. The lowest BCUT2D eigenvalue weighted by atomic mass is 10.0. The number of benzene rings is 1. The second-order valence-corrected chi connectivity index (χ2v) is 8.25. The van der Waals surface area contributed by atoms with Crippen molar-refractivity contribution in [2.45, 2.75) is 20.4 Å². The van der Waals surface area contributed by atoms with Crippen molar-refractivity contribution >= 4 is 44.1 Å². The number of thiophene rings is 1. The van der Waals surface area contributed by atoms with Crippen molar-refractivity contribution in [3.05, 3.63) is 61.9 Å². The highest BCUT2D eigenvalue weighted by Gasteiger charge is 2.17. The fourth-order valence-corrected chi connectivity index (χ4v) is 4.13. The Morgan fingerprint density at radius 3 is 2.70 bits per heavy atom. The Bertz CT molecular complexity index is 888. The van der Waals surface area contributed by atoms with Gasteiger partial charge in [0.25, 0.3) is 5.91 Å². The highest BCUT2D eigenvalue weighted by atomic mass is 79.9. The van der Waals surface area contributed by atoms with Gasteiger partial charge in [-0.2, -0.15) is 0 Å². The van der Waals surface area contributed by atoms with E-state index in [2.05, 4.69) is 20.9 Å².